The third kappa shape index (κ3) is 1.74. The van der Waals surface area contributed by atoms with Crippen LogP contribution in [-0.4, -0.2) is 12.0 Å². The number of rotatable bonds is 2. The van der Waals surface area contributed by atoms with Crippen molar-refractivity contribution in [1.29, 1.82) is 0 Å². The Morgan fingerprint density at radius 2 is 2.24 bits per heavy atom. The molecule has 1 heterocycles. The van der Waals surface area contributed by atoms with Gasteiger partial charge >= 0.3 is 5.15 Å². The van der Waals surface area contributed by atoms with Crippen molar-refractivity contribution in [2.45, 2.75) is 32.1 Å². The van der Waals surface area contributed by atoms with Crippen LogP contribution in [-0.2, 0) is 11.8 Å². The molecule has 0 aliphatic heterocycles. The van der Waals surface area contributed by atoms with Gasteiger partial charge in [0, 0.05) is 4.73 Å². The van der Waals surface area contributed by atoms with E-state index in [1.807, 2.05) is 13.8 Å². The normalized spacial score (nSPS) is 16.7. The Morgan fingerprint density at radius 1 is 1.59 bits per heavy atom. The van der Waals surface area contributed by atoms with Crippen LogP contribution in [0.2, 0.25) is 5.15 Å². The highest BCUT2D eigenvalue weighted by Crippen LogP contribution is 2.40. The Bertz CT molecular complexity index is 500. The highest BCUT2D eigenvalue weighted by Gasteiger charge is 2.46. The summed E-state index contributed by atoms with van der Waals surface area (Å²) in [4.78, 5) is 15.9. The molecule has 6 heteroatoms. The van der Waals surface area contributed by atoms with Gasteiger partial charge in [-0.1, -0.05) is 0 Å². The van der Waals surface area contributed by atoms with Gasteiger partial charge in [-0.25, -0.2) is 0 Å². The van der Waals surface area contributed by atoms with Crippen molar-refractivity contribution in [3.63, 3.8) is 0 Å². The van der Waals surface area contributed by atoms with Gasteiger partial charge in [0.25, 0.3) is 11.4 Å². The van der Waals surface area contributed by atoms with Crippen molar-refractivity contribution >= 4 is 17.3 Å². The number of fused-ring (bicyclic) bond motifs is 1. The molecule has 1 aromatic rings. The molecule has 92 valence electrons. The van der Waals surface area contributed by atoms with E-state index in [2.05, 4.69) is 0 Å². The molecule has 0 bridgehead atoms. The predicted octanol–water partition coefficient (Wildman–Crippen LogP) is 1.82. The molecule has 0 amide bonds. The number of aromatic nitrogens is 1. The summed E-state index contributed by atoms with van der Waals surface area (Å²) in [6.07, 6.45) is 1.53. The van der Waals surface area contributed by atoms with Gasteiger partial charge in [-0.3, -0.25) is 15.0 Å². The van der Waals surface area contributed by atoms with Gasteiger partial charge in [-0.05, 0) is 38.3 Å². The zero-order chi connectivity index (χ0) is 12.8. The molecule has 1 aliphatic rings. The second kappa shape index (κ2) is 3.84. The topological polar surface area (TPSA) is 56.2 Å². The van der Waals surface area contributed by atoms with E-state index in [0.29, 0.717) is 6.42 Å². The fourth-order valence-electron chi connectivity index (χ4n) is 2.44. The van der Waals surface area contributed by atoms with E-state index in [0.717, 1.165) is 17.7 Å². The molecule has 0 aromatic carbocycles. The van der Waals surface area contributed by atoms with Crippen LogP contribution in [0.3, 0.4) is 0 Å². The molecule has 0 saturated heterocycles. The minimum Gasteiger partial charge on any atom is -0.273 e. The first-order chi connectivity index (χ1) is 7.88. The van der Waals surface area contributed by atoms with Gasteiger partial charge in [0.05, 0.1) is 10.3 Å². The van der Waals surface area contributed by atoms with E-state index in [1.165, 1.54) is 17.9 Å². The minimum atomic E-state index is -0.383. The van der Waals surface area contributed by atoms with Crippen LogP contribution < -0.4 is 9.57 Å². The first kappa shape index (κ1) is 12.1. The van der Waals surface area contributed by atoms with Crippen LogP contribution in [0.15, 0.2) is 6.07 Å². The summed E-state index contributed by atoms with van der Waals surface area (Å²) < 4.78 is 1.48. The van der Waals surface area contributed by atoms with E-state index in [-0.39, 0.29) is 21.2 Å². The summed E-state index contributed by atoms with van der Waals surface area (Å²) in [7, 11) is 1.51. The largest absolute Gasteiger partial charge is 0.332 e. The van der Waals surface area contributed by atoms with E-state index in [4.69, 9.17) is 16.4 Å². The van der Waals surface area contributed by atoms with Crippen LogP contribution in [0, 0.1) is 10.1 Å². The van der Waals surface area contributed by atoms with Crippen molar-refractivity contribution in [2.75, 3.05) is 7.11 Å². The van der Waals surface area contributed by atoms with Crippen molar-refractivity contribution in [3.05, 3.63) is 32.6 Å². The maximum atomic E-state index is 11.0. The summed E-state index contributed by atoms with van der Waals surface area (Å²) >= 11 is 6.02. The van der Waals surface area contributed by atoms with Gasteiger partial charge < -0.3 is 0 Å². The van der Waals surface area contributed by atoms with E-state index < -0.39 is 0 Å². The molecule has 0 spiro atoms. The summed E-state index contributed by atoms with van der Waals surface area (Å²) in [5, 5.41) is 11.2. The van der Waals surface area contributed by atoms with Gasteiger partial charge in [0.2, 0.25) is 0 Å². The zero-order valence-electron chi connectivity index (χ0n) is 9.99. The third-order valence-corrected chi connectivity index (χ3v) is 3.53. The summed E-state index contributed by atoms with van der Waals surface area (Å²) in [6.45, 7) is 4.07. The van der Waals surface area contributed by atoms with Crippen LogP contribution in [0.1, 0.15) is 31.5 Å². The smallest absolute Gasteiger partial charge is 0.273 e. The number of nitro groups is 1. The Balaban J connectivity index is 2.78. The SMILES string of the molecule is CO[n+]1c(Cl)cc([N+](=O)[O-])c2c1C(C)(C)CC2. The quantitative estimate of drug-likeness (QED) is 0.351. The third-order valence-electron chi connectivity index (χ3n) is 3.27. The summed E-state index contributed by atoms with van der Waals surface area (Å²) in [5.74, 6) is 0. The molecule has 0 N–H and O–H groups in total. The standard InChI is InChI=1S/C11H14ClN2O3/c1-11(2)5-4-7-8(14(15)16)6-9(12)13(17-3)10(7)11/h6H,4-5H2,1-3H3/q+1. The Labute approximate surface area is 104 Å². The van der Waals surface area contributed by atoms with Crippen molar-refractivity contribution in [2.24, 2.45) is 0 Å². The van der Waals surface area contributed by atoms with Gasteiger partial charge in [-0.2, -0.15) is 0 Å². The summed E-state index contributed by atoms with van der Waals surface area (Å²) in [5.41, 5.74) is 1.45. The fourth-order valence-corrected chi connectivity index (χ4v) is 2.69. The molecule has 2 rings (SSSR count). The molecular formula is C11H14ClN2O3+. The number of pyridine rings is 1. The Kier molecular flexibility index (Phi) is 2.73. The lowest BCUT2D eigenvalue weighted by Gasteiger charge is -2.14. The van der Waals surface area contributed by atoms with Crippen LogP contribution >= 0.6 is 11.6 Å². The number of halogens is 1. The first-order valence-corrected chi connectivity index (χ1v) is 5.73. The van der Waals surface area contributed by atoms with E-state index in [9.17, 15) is 10.1 Å². The van der Waals surface area contributed by atoms with Crippen LogP contribution in [0.25, 0.3) is 0 Å². The van der Waals surface area contributed by atoms with E-state index in [1.54, 1.807) is 0 Å². The highest BCUT2D eigenvalue weighted by atomic mass is 35.5. The second-order valence-corrected chi connectivity index (χ2v) is 5.18. The molecule has 1 aliphatic carbocycles. The van der Waals surface area contributed by atoms with Gasteiger partial charge in [0.1, 0.15) is 18.7 Å². The molecule has 5 nitrogen and oxygen atoms in total. The molecule has 0 fully saturated rings. The lowest BCUT2D eigenvalue weighted by molar-refractivity contribution is -0.890. The average Bonchev–Trinajstić information content (AvgIpc) is 2.54. The lowest BCUT2D eigenvalue weighted by Crippen LogP contribution is -2.49. The van der Waals surface area contributed by atoms with Gasteiger partial charge in [0.15, 0.2) is 0 Å². The maximum absolute atomic E-state index is 11.0. The lowest BCUT2D eigenvalue weighted by atomic mass is 9.90. The Morgan fingerprint density at radius 3 is 2.76 bits per heavy atom. The van der Waals surface area contributed by atoms with Crippen molar-refractivity contribution < 1.29 is 14.5 Å². The summed E-state index contributed by atoms with van der Waals surface area (Å²) in [6, 6.07) is 1.35. The van der Waals surface area contributed by atoms with Crippen LogP contribution in [0.5, 0.6) is 0 Å². The molecule has 0 unspecified atom stereocenters. The van der Waals surface area contributed by atoms with E-state index >= 15 is 0 Å². The molecule has 1 aromatic heterocycles. The zero-order valence-corrected chi connectivity index (χ0v) is 10.7. The van der Waals surface area contributed by atoms with Gasteiger partial charge in [-0.15, -0.1) is 0 Å². The monoisotopic (exact) mass is 257 g/mol. The maximum Gasteiger partial charge on any atom is 0.332 e. The second-order valence-electron chi connectivity index (χ2n) is 4.80. The number of hydrogen-bond acceptors (Lipinski definition) is 3. The highest BCUT2D eigenvalue weighted by molar-refractivity contribution is 6.28. The average molecular weight is 258 g/mol. The fraction of sp³-hybridized carbons (Fsp3) is 0.545. The minimum absolute atomic E-state index is 0.0869. The molecule has 17 heavy (non-hydrogen) atoms. The molecular weight excluding hydrogens is 244 g/mol. The Hall–Kier alpha value is -1.36. The van der Waals surface area contributed by atoms with Crippen molar-refractivity contribution in [1.82, 2.24) is 0 Å². The van der Waals surface area contributed by atoms with Crippen LogP contribution in [0.4, 0.5) is 5.69 Å². The first-order valence-electron chi connectivity index (χ1n) is 5.35. The molecule has 0 radical (unpaired) electrons. The van der Waals surface area contributed by atoms with Crippen molar-refractivity contribution in [3.8, 4) is 0 Å². The molecule has 0 saturated carbocycles. The molecule has 0 atom stereocenters. The number of nitrogens with zero attached hydrogens (tertiary/aromatic N) is 2. The predicted molar refractivity (Wildman–Crippen MR) is 62.2 cm³/mol. The number of hydrogen-bond donors (Lipinski definition) is 0.